The Morgan fingerprint density at radius 1 is 0.970 bits per heavy atom. The first-order valence-electron chi connectivity index (χ1n) is 10.9. The van der Waals surface area contributed by atoms with Crippen LogP contribution in [0.15, 0.2) is 71.6 Å². The number of hydrogen-bond acceptors (Lipinski definition) is 4. The summed E-state index contributed by atoms with van der Waals surface area (Å²) in [7, 11) is -3.95. The molecule has 3 aromatic rings. The number of carbonyl (C=O) groups excluding carboxylic acids is 1. The predicted octanol–water partition coefficient (Wildman–Crippen LogP) is 4.52. The highest BCUT2D eigenvalue weighted by Gasteiger charge is 2.28. The van der Waals surface area contributed by atoms with Crippen LogP contribution in [0.3, 0.4) is 0 Å². The second kappa shape index (κ2) is 10.5. The molecule has 6 nitrogen and oxygen atoms in total. The maximum atomic E-state index is 13.6. The molecular weight excluding hydrogens is 436 g/mol. The summed E-state index contributed by atoms with van der Waals surface area (Å²) in [5.41, 5.74) is 4.08. The third kappa shape index (κ3) is 5.93. The summed E-state index contributed by atoms with van der Waals surface area (Å²) in [6.07, 6.45) is 0. The van der Waals surface area contributed by atoms with Crippen LogP contribution in [0.4, 0.5) is 5.69 Å². The summed E-state index contributed by atoms with van der Waals surface area (Å²) in [6, 6.07) is 19.5. The van der Waals surface area contributed by atoms with Crippen LogP contribution in [0.25, 0.3) is 0 Å². The Labute approximate surface area is 196 Å². The number of nitrogens with one attached hydrogen (secondary N) is 1. The lowest BCUT2D eigenvalue weighted by atomic mass is 10.1. The average molecular weight is 467 g/mol. The third-order valence-corrected chi connectivity index (χ3v) is 7.21. The molecule has 0 atom stereocenters. The number of benzene rings is 3. The molecule has 3 rings (SSSR count). The SMILES string of the molecule is CCOc1cccc(CNC(=O)CN(c2cccc(C)c2C)S(=O)(=O)c2ccc(C)cc2)c1. The molecule has 0 spiro atoms. The van der Waals surface area contributed by atoms with Crippen LogP contribution in [-0.2, 0) is 21.4 Å². The highest BCUT2D eigenvalue weighted by Crippen LogP contribution is 2.28. The zero-order valence-electron chi connectivity index (χ0n) is 19.5. The van der Waals surface area contributed by atoms with Gasteiger partial charge in [-0.1, -0.05) is 42.0 Å². The lowest BCUT2D eigenvalue weighted by molar-refractivity contribution is -0.119. The number of anilines is 1. The predicted molar refractivity (Wildman–Crippen MR) is 131 cm³/mol. The Kier molecular flexibility index (Phi) is 7.76. The molecule has 0 aliphatic heterocycles. The van der Waals surface area contributed by atoms with Crippen molar-refractivity contribution < 1.29 is 17.9 Å². The molecule has 174 valence electrons. The molecular formula is C26H30N2O4S. The van der Waals surface area contributed by atoms with Crippen molar-refractivity contribution in [3.8, 4) is 5.75 Å². The molecule has 0 fully saturated rings. The van der Waals surface area contributed by atoms with Crippen LogP contribution in [0, 0.1) is 20.8 Å². The van der Waals surface area contributed by atoms with E-state index in [0.717, 1.165) is 28.0 Å². The van der Waals surface area contributed by atoms with Crippen molar-refractivity contribution in [1.29, 1.82) is 0 Å². The number of sulfonamides is 1. The van der Waals surface area contributed by atoms with Gasteiger partial charge in [0.2, 0.25) is 5.91 Å². The standard InChI is InChI=1S/C26H30N2O4S/c1-5-32-23-10-7-9-22(16-23)17-27-26(29)18-28(25-11-6-8-20(3)21(25)4)33(30,31)24-14-12-19(2)13-15-24/h6-16H,5,17-18H2,1-4H3,(H,27,29). The zero-order chi connectivity index (χ0) is 24.0. The zero-order valence-corrected chi connectivity index (χ0v) is 20.3. The summed E-state index contributed by atoms with van der Waals surface area (Å²) in [5.74, 6) is 0.330. The van der Waals surface area contributed by atoms with Crippen LogP contribution in [-0.4, -0.2) is 27.5 Å². The Morgan fingerprint density at radius 3 is 2.36 bits per heavy atom. The summed E-state index contributed by atoms with van der Waals surface area (Å²) in [6.45, 7) is 8.08. The molecule has 0 aliphatic rings. The molecule has 0 heterocycles. The van der Waals surface area contributed by atoms with Crippen molar-refractivity contribution in [2.24, 2.45) is 0 Å². The normalized spacial score (nSPS) is 11.2. The topological polar surface area (TPSA) is 75.7 Å². The van der Waals surface area contributed by atoms with E-state index in [0.29, 0.717) is 12.3 Å². The largest absolute Gasteiger partial charge is 0.494 e. The Hall–Kier alpha value is -3.32. The Bertz CT molecular complexity index is 1220. The van der Waals surface area contributed by atoms with Gasteiger partial charge in [0, 0.05) is 6.54 Å². The van der Waals surface area contributed by atoms with Crippen molar-refractivity contribution in [2.45, 2.75) is 39.1 Å². The first kappa shape index (κ1) is 24.3. The average Bonchev–Trinajstić information content (AvgIpc) is 2.79. The number of nitrogens with zero attached hydrogens (tertiary/aromatic N) is 1. The van der Waals surface area contributed by atoms with Crippen LogP contribution in [0.5, 0.6) is 5.75 Å². The summed E-state index contributed by atoms with van der Waals surface area (Å²) in [5, 5.41) is 2.83. The monoisotopic (exact) mass is 466 g/mol. The summed E-state index contributed by atoms with van der Waals surface area (Å²) in [4.78, 5) is 13.0. The minimum Gasteiger partial charge on any atom is -0.494 e. The quantitative estimate of drug-likeness (QED) is 0.503. The molecule has 33 heavy (non-hydrogen) atoms. The minimum atomic E-state index is -3.95. The van der Waals surface area contributed by atoms with Gasteiger partial charge in [-0.3, -0.25) is 9.10 Å². The summed E-state index contributed by atoms with van der Waals surface area (Å²) >= 11 is 0. The molecule has 3 aromatic carbocycles. The van der Waals surface area contributed by atoms with E-state index < -0.39 is 15.9 Å². The second-order valence-corrected chi connectivity index (χ2v) is 9.76. The molecule has 1 N–H and O–H groups in total. The van der Waals surface area contributed by atoms with Gasteiger partial charge >= 0.3 is 0 Å². The van der Waals surface area contributed by atoms with E-state index in [1.165, 1.54) is 4.31 Å². The number of ether oxygens (including phenoxy) is 1. The van der Waals surface area contributed by atoms with E-state index in [9.17, 15) is 13.2 Å². The van der Waals surface area contributed by atoms with Crippen molar-refractivity contribution in [3.63, 3.8) is 0 Å². The van der Waals surface area contributed by atoms with Crippen molar-refractivity contribution in [2.75, 3.05) is 17.5 Å². The van der Waals surface area contributed by atoms with Gasteiger partial charge in [0.1, 0.15) is 12.3 Å². The molecule has 1 amide bonds. The van der Waals surface area contributed by atoms with Gasteiger partial charge in [0.05, 0.1) is 17.2 Å². The van der Waals surface area contributed by atoms with Gasteiger partial charge in [0.15, 0.2) is 0 Å². The van der Waals surface area contributed by atoms with Gasteiger partial charge in [-0.25, -0.2) is 8.42 Å². The molecule has 0 radical (unpaired) electrons. The Balaban J connectivity index is 1.87. The lowest BCUT2D eigenvalue weighted by Crippen LogP contribution is -2.41. The maximum Gasteiger partial charge on any atom is 0.264 e. The second-order valence-electron chi connectivity index (χ2n) is 7.90. The minimum absolute atomic E-state index is 0.145. The third-order valence-electron chi connectivity index (χ3n) is 5.44. The number of amides is 1. The van der Waals surface area contributed by atoms with Crippen molar-refractivity contribution >= 4 is 21.6 Å². The number of aryl methyl sites for hydroxylation is 2. The fourth-order valence-corrected chi connectivity index (χ4v) is 4.92. The van der Waals surface area contributed by atoms with E-state index in [1.807, 2.05) is 58.0 Å². The first-order chi connectivity index (χ1) is 15.7. The van der Waals surface area contributed by atoms with Gasteiger partial charge in [-0.2, -0.15) is 0 Å². The molecule has 0 bridgehead atoms. The molecule has 0 saturated carbocycles. The number of carbonyl (C=O) groups is 1. The first-order valence-corrected chi connectivity index (χ1v) is 12.3. The van der Waals surface area contributed by atoms with Gasteiger partial charge in [-0.05, 0) is 74.7 Å². The molecule has 0 saturated heterocycles. The smallest absolute Gasteiger partial charge is 0.264 e. The van der Waals surface area contributed by atoms with Crippen LogP contribution in [0.1, 0.15) is 29.2 Å². The fourth-order valence-electron chi connectivity index (χ4n) is 3.44. The molecule has 0 aliphatic carbocycles. The van der Waals surface area contributed by atoms with Crippen molar-refractivity contribution in [1.82, 2.24) is 5.32 Å². The van der Waals surface area contributed by atoms with E-state index >= 15 is 0 Å². The molecule has 0 unspecified atom stereocenters. The van der Waals surface area contributed by atoms with Gasteiger partial charge in [-0.15, -0.1) is 0 Å². The van der Waals surface area contributed by atoms with Crippen LogP contribution >= 0.6 is 0 Å². The maximum absolute atomic E-state index is 13.6. The van der Waals surface area contributed by atoms with E-state index in [-0.39, 0.29) is 18.0 Å². The van der Waals surface area contributed by atoms with Gasteiger partial charge in [0.25, 0.3) is 10.0 Å². The van der Waals surface area contributed by atoms with E-state index in [4.69, 9.17) is 4.74 Å². The number of rotatable bonds is 9. The van der Waals surface area contributed by atoms with Crippen LogP contribution in [0.2, 0.25) is 0 Å². The van der Waals surface area contributed by atoms with Crippen molar-refractivity contribution in [3.05, 3.63) is 89.0 Å². The van der Waals surface area contributed by atoms with E-state index in [1.54, 1.807) is 36.4 Å². The highest BCUT2D eigenvalue weighted by molar-refractivity contribution is 7.92. The lowest BCUT2D eigenvalue weighted by Gasteiger charge is -2.26. The number of hydrogen-bond donors (Lipinski definition) is 1. The van der Waals surface area contributed by atoms with E-state index in [2.05, 4.69) is 5.32 Å². The molecule has 0 aromatic heterocycles. The summed E-state index contributed by atoms with van der Waals surface area (Å²) < 4.78 is 33.8. The highest BCUT2D eigenvalue weighted by atomic mass is 32.2. The fraction of sp³-hybridized carbons (Fsp3) is 0.269. The van der Waals surface area contributed by atoms with Crippen LogP contribution < -0.4 is 14.4 Å². The van der Waals surface area contributed by atoms with Gasteiger partial charge < -0.3 is 10.1 Å². The molecule has 7 heteroatoms. The Morgan fingerprint density at radius 2 is 1.67 bits per heavy atom.